The van der Waals surface area contributed by atoms with Crippen molar-refractivity contribution in [1.82, 2.24) is 9.78 Å². The minimum Gasteiger partial charge on any atom is -0.265 e. The van der Waals surface area contributed by atoms with Gasteiger partial charge in [0.15, 0.2) is 0 Å². The van der Waals surface area contributed by atoms with E-state index in [1.807, 2.05) is 29.8 Å². The van der Waals surface area contributed by atoms with Crippen LogP contribution in [0.25, 0.3) is 0 Å². The van der Waals surface area contributed by atoms with Gasteiger partial charge in [-0.05, 0) is 44.0 Å². The van der Waals surface area contributed by atoms with Crippen molar-refractivity contribution in [3.8, 4) is 0 Å². The molecule has 0 unspecified atom stereocenters. The number of benzene rings is 1. The lowest BCUT2D eigenvalue weighted by Gasteiger charge is -2.07. The van der Waals surface area contributed by atoms with Gasteiger partial charge in [0.25, 0.3) is 0 Å². The number of aryl methyl sites for hydroxylation is 1. The third kappa shape index (κ3) is 2.55. The van der Waals surface area contributed by atoms with Gasteiger partial charge in [-0.1, -0.05) is 33.6 Å². The molecule has 17 heavy (non-hydrogen) atoms. The molecule has 1 heterocycles. The number of hydrogen-bond donors (Lipinski definition) is 0. The van der Waals surface area contributed by atoms with Crippen molar-refractivity contribution < 1.29 is 0 Å². The highest BCUT2D eigenvalue weighted by Gasteiger charge is 2.09. The molecule has 0 atom stereocenters. The highest BCUT2D eigenvalue weighted by Crippen LogP contribution is 2.23. The molecule has 90 valence electrons. The van der Waals surface area contributed by atoms with E-state index in [9.17, 15) is 0 Å². The predicted molar refractivity (Wildman–Crippen MR) is 74.7 cm³/mol. The molecule has 1 aromatic heterocycles. The van der Waals surface area contributed by atoms with Crippen LogP contribution in [-0.4, -0.2) is 9.78 Å². The summed E-state index contributed by atoms with van der Waals surface area (Å²) in [6.07, 6.45) is 0. The third-order valence-electron chi connectivity index (χ3n) is 3.08. The Bertz CT molecular complexity index is 561. The summed E-state index contributed by atoms with van der Waals surface area (Å²) in [4.78, 5) is 0. The lowest BCUT2D eigenvalue weighted by molar-refractivity contribution is 0.658. The molecule has 0 radical (unpaired) electrons. The fourth-order valence-corrected chi connectivity index (χ4v) is 2.48. The third-order valence-corrected chi connectivity index (χ3v) is 3.92. The van der Waals surface area contributed by atoms with E-state index in [1.54, 1.807) is 0 Å². The molecule has 1 aromatic carbocycles. The Balaban J connectivity index is 2.34. The summed E-state index contributed by atoms with van der Waals surface area (Å²) in [5.41, 5.74) is 4.61. The Morgan fingerprint density at radius 3 is 2.53 bits per heavy atom. The Morgan fingerprint density at radius 1 is 1.29 bits per heavy atom. The maximum atomic E-state index is 6.21. The Labute approximate surface area is 115 Å². The summed E-state index contributed by atoms with van der Waals surface area (Å²) in [6.45, 7) is 6.92. The molecule has 4 heteroatoms. The molecule has 0 aliphatic carbocycles. The van der Waals surface area contributed by atoms with E-state index in [1.165, 1.54) is 11.3 Å². The monoisotopic (exact) mass is 312 g/mol. The van der Waals surface area contributed by atoms with E-state index in [0.717, 1.165) is 20.8 Å². The summed E-state index contributed by atoms with van der Waals surface area (Å²) in [7, 11) is 0. The molecule has 0 N–H and O–H groups in total. The SMILES string of the molecule is Cc1nn(Cc2ccc(Br)cc2Cl)c(C)c1C. The van der Waals surface area contributed by atoms with Crippen molar-refractivity contribution in [3.63, 3.8) is 0 Å². The zero-order chi connectivity index (χ0) is 12.6. The number of rotatable bonds is 2. The summed E-state index contributed by atoms with van der Waals surface area (Å²) in [6, 6.07) is 5.94. The molecule has 0 spiro atoms. The first-order chi connectivity index (χ1) is 7.99. The molecular formula is C13H14BrClN2. The molecule has 0 saturated carbocycles. The maximum absolute atomic E-state index is 6.21. The molecular weight excluding hydrogens is 300 g/mol. The standard InChI is InChI=1S/C13H14BrClN2/c1-8-9(2)16-17(10(8)3)7-11-4-5-12(14)6-13(11)15/h4-6H,7H2,1-3H3. The second-order valence-corrected chi connectivity index (χ2v) is 5.51. The summed E-state index contributed by atoms with van der Waals surface area (Å²) >= 11 is 9.61. The first-order valence-corrected chi connectivity index (χ1v) is 6.60. The summed E-state index contributed by atoms with van der Waals surface area (Å²) in [5.74, 6) is 0. The van der Waals surface area contributed by atoms with E-state index < -0.39 is 0 Å². The quantitative estimate of drug-likeness (QED) is 0.809. The zero-order valence-electron chi connectivity index (χ0n) is 10.1. The highest BCUT2D eigenvalue weighted by atomic mass is 79.9. The molecule has 0 bridgehead atoms. The zero-order valence-corrected chi connectivity index (χ0v) is 12.4. The van der Waals surface area contributed by atoms with Crippen LogP contribution in [0.15, 0.2) is 22.7 Å². The predicted octanol–water partition coefficient (Wildman–Crippen LogP) is 4.27. The number of hydrogen-bond acceptors (Lipinski definition) is 1. The van der Waals surface area contributed by atoms with E-state index in [0.29, 0.717) is 6.54 Å². The molecule has 0 aliphatic heterocycles. The molecule has 0 aliphatic rings. The van der Waals surface area contributed by atoms with Gasteiger partial charge in [0.05, 0.1) is 12.2 Å². The number of nitrogens with zero attached hydrogens (tertiary/aromatic N) is 2. The van der Waals surface area contributed by atoms with Gasteiger partial charge in [0, 0.05) is 15.2 Å². The van der Waals surface area contributed by atoms with Crippen molar-refractivity contribution in [2.24, 2.45) is 0 Å². The van der Waals surface area contributed by atoms with Crippen LogP contribution < -0.4 is 0 Å². The number of aromatic nitrogens is 2. The molecule has 2 nitrogen and oxygen atoms in total. The van der Waals surface area contributed by atoms with Gasteiger partial charge in [-0.25, -0.2) is 0 Å². The van der Waals surface area contributed by atoms with Crippen molar-refractivity contribution >= 4 is 27.5 Å². The first-order valence-electron chi connectivity index (χ1n) is 5.43. The lowest BCUT2D eigenvalue weighted by atomic mass is 10.2. The summed E-state index contributed by atoms with van der Waals surface area (Å²) in [5, 5.41) is 5.28. The van der Waals surface area contributed by atoms with Crippen LogP contribution in [-0.2, 0) is 6.54 Å². The van der Waals surface area contributed by atoms with Gasteiger partial charge in [0.1, 0.15) is 0 Å². The molecule has 0 saturated heterocycles. The average molecular weight is 314 g/mol. The van der Waals surface area contributed by atoms with Gasteiger partial charge in [0.2, 0.25) is 0 Å². The normalized spacial score (nSPS) is 10.9. The van der Waals surface area contributed by atoms with Crippen LogP contribution >= 0.6 is 27.5 Å². The van der Waals surface area contributed by atoms with Crippen LogP contribution in [0.3, 0.4) is 0 Å². The van der Waals surface area contributed by atoms with Gasteiger partial charge >= 0.3 is 0 Å². The van der Waals surface area contributed by atoms with Crippen LogP contribution in [0.1, 0.15) is 22.5 Å². The lowest BCUT2D eigenvalue weighted by Crippen LogP contribution is -2.04. The minimum atomic E-state index is 0.715. The van der Waals surface area contributed by atoms with Crippen LogP contribution in [0, 0.1) is 20.8 Å². The number of halogens is 2. The van der Waals surface area contributed by atoms with Gasteiger partial charge in [-0.2, -0.15) is 5.10 Å². The molecule has 0 fully saturated rings. The van der Waals surface area contributed by atoms with Crippen molar-refractivity contribution in [2.75, 3.05) is 0 Å². The molecule has 2 aromatic rings. The Morgan fingerprint density at radius 2 is 2.00 bits per heavy atom. The van der Waals surface area contributed by atoms with E-state index in [-0.39, 0.29) is 0 Å². The maximum Gasteiger partial charge on any atom is 0.0677 e. The van der Waals surface area contributed by atoms with Crippen molar-refractivity contribution in [2.45, 2.75) is 27.3 Å². The first kappa shape index (κ1) is 12.7. The fraction of sp³-hybridized carbons (Fsp3) is 0.308. The van der Waals surface area contributed by atoms with E-state index in [2.05, 4.69) is 34.9 Å². The second kappa shape index (κ2) is 4.83. The van der Waals surface area contributed by atoms with Gasteiger partial charge in [-0.3, -0.25) is 4.68 Å². The minimum absolute atomic E-state index is 0.715. The van der Waals surface area contributed by atoms with Crippen molar-refractivity contribution in [3.05, 3.63) is 50.2 Å². The van der Waals surface area contributed by atoms with Gasteiger partial charge < -0.3 is 0 Å². The smallest absolute Gasteiger partial charge is 0.0677 e. The fourth-order valence-electron chi connectivity index (χ4n) is 1.75. The van der Waals surface area contributed by atoms with Gasteiger partial charge in [-0.15, -0.1) is 0 Å². The van der Waals surface area contributed by atoms with Crippen LogP contribution in [0.2, 0.25) is 5.02 Å². The highest BCUT2D eigenvalue weighted by molar-refractivity contribution is 9.10. The second-order valence-electron chi connectivity index (χ2n) is 4.19. The summed E-state index contributed by atoms with van der Waals surface area (Å²) < 4.78 is 3.00. The van der Waals surface area contributed by atoms with Crippen LogP contribution in [0.5, 0.6) is 0 Å². The molecule has 0 amide bonds. The topological polar surface area (TPSA) is 17.8 Å². The van der Waals surface area contributed by atoms with E-state index in [4.69, 9.17) is 11.6 Å². The average Bonchev–Trinajstić information content (AvgIpc) is 2.50. The largest absolute Gasteiger partial charge is 0.265 e. The van der Waals surface area contributed by atoms with Crippen molar-refractivity contribution in [1.29, 1.82) is 0 Å². The Kier molecular flexibility index (Phi) is 3.59. The van der Waals surface area contributed by atoms with E-state index >= 15 is 0 Å². The van der Waals surface area contributed by atoms with Crippen LogP contribution in [0.4, 0.5) is 0 Å². The molecule has 2 rings (SSSR count). The Hall–Kier alpha value is -0.800.